The van der Waals surface area contributed by atoms with Gasteiger partial charge >= 0.3 is 6.03 Å². The summed E-state index contributed by atoms with van der Waals surface area (Å²) in [6.07, 6.45) is 3.85. The maximum Gasteiger partial charge on any atom is 0.327 e. The molecule has 1 saturated heterocycles. The second-order valence-electron chi connectivity index (χ2n) is 4.98. The standard InChI is InChI=1S/C14H18N4O/c19-14(16-9-11-5-7-15-8-6-11)18-10-17-12-3-1-2-4-13(12)18/h1-4,10-11,15H,5-9H2,(H,16,19). The molecule has 2 N–H and O–H groups in total. The van der Waals surface area contributed by atoms with Crippen molar-refractivity contribution in [1.82, 2.24) is 20.2 Å². The summed E-state index contributed by atoms with van der Waals surface area (Å²) in [6, 6.07) is 7.57. The molecular weight excluding hydrogens is 240 g/mol. The first-order chi connectivity index (χ1) is 9.34. The van der Waals surface area contributed by atoms with Gasteiger partial charge < -0.3 is 10.6 Å². The number of carbonyl (C=O) groups excluding carboxylic acids is 1. The van der Waals surface area contributed by atoms with Crippen molar-refractivity contribution < 1.29 is 4.79 Å². The average molecular weight is 258 g/mol. The van der Waals surface area contributed by atoms with Gasteiger partial charge in [-0.25, -0.2) is 9.78 Å². The summed E-state index contributed by atoms with van der Waals surface area (Å²) in [4.78, 5) is 16.4. The van der Waals surface area contributed by atoms with E-state index >= 15 is 0 Å². The van der Waals surface area contributed by atoms with Crippen molar-refractivity contribution in [1.29, 1.82) is 0 Å². The van der Waals surface area contributed by atoms with E-state index in [2.05, 4.69) is 15.6 Å². The fraction of sp³-hybridized carbons (Fsp3) is 0.429. The van der Waals surface area contributed by atoms with Crippen molar-refractivity contribution >= 4 is 17.1 Å². The van der Waals surface area contributed by atoms with Gasteiger partial charge in [0.25, 0.3) is 0 Å². The van der Waals surface area contributed by atoms with Gasteiger partial charge in [-0.3, -0.25) is 4.57 Å². The van der Waals surface area contributed by atoms with Gasteiger partial charge in [0.15, 0.2) is 0 Å². The van der Waals surface area contributed by atoms with E-state index in [9.17, 15) is 4.79 Å². The number of para-hydroxylation sites is 2. The molecule has 1 aromatic heterocycles. The van der Waals surface area contributed by atoms with Crippen LogP contribution in [0, 0.1) is 5.92 Å². The van der Waals surface area contributed by atoms with Crippen molar-refractivity contribution in [2.75, 3.05) is 19.6 Å². The minimum atomic E-state index is -0.0905. The highest BCUT2D eigenvalue weighted by molar-refractivity contribution is 5.88. The molecule has 0 atom stereocenters. The molecule has 2 aromatic rings. The third kappa shape index (κ3) is 2.61. The van der Waals surface area contributed by atoms with Crippen molar-refractivity contribution in [2.24, 2.45) is 5.92 Å². The monoisotopic (exact) mass is 258 g/mol. The maximum absolute atomic E-state index is 12.2. The van der Waals surface area contributed by atoms with Crippen molar-refractivity contribution in [2.45, 2.75) is 12.8 Å². The fourth-order valence-electron chi connectivity index (χ4n) is 2.52. The van der Waals surface area contributed by atoms with Crippen molar-refractivity contribution in [3.63, 3.8) is 0 Å². The predicted octanol–water partition coefficient (Wildman–Crippen LogP) is 1.59. The van der Waals surface area contributed by atoms with Gasteiger partial charge in [-0.1, -0.05) is 12.1 Å². The van der Waals surface area contributed by atoms with E-state index < -0.39 is 0 Å². The zero-order valence-electron chi connectivity index (χ0n) is 10.8. The molecule has 0 radical (unpaired) electrons. The Labute approximate surface area is 112 Å². The topological polar surface area (TPSA) is 59.0 Å². The fourth-order valence-corrected chi connectivity index (χ4v) is 2.52. The number of benzene rings is 1. The van der Waals surface area contributed by atoms with E-state index in [0.717, 1.165) is 43.5 Å². The number of imidazole rings is 1. The quantitative estimate of drug-likeness (QED) is 0.860. The smallest absolute Gasteiger partial charge is 0.327 e. The maximum atomic E-state index is 12.2. The first-order valence-electron chi connectivity index (χ1n) is 6.75. The first-order valence-corrected chi connectivity index (χ1v) is 6.75. The third-order valence-electron chi connectivity index (χ3n) is 3.67. The summed E-state index contributed by atoms with van der Waals surface area (Å²) in [5.74, 6) is 0.583. The van der Waals surface area contributed by atoms with Gasteiger partial charge in [-0.2, -0.15) is 0 Å². The van der Waals surface area contributed by atoms with Crippen LogP contribution in [0.15, 0.2) is 30.6 Å². The minimum absolute atomic E-state index is 0.0905. The zero-order chi connectivity index (χ0) is 13.1. The Hall–Kier alpha value is -1.88. The van der Waals surface area contributed by atoms with Gasteiger partial charge in [0, 0.05) is 6.54 Å². The summed E-state index contributed by atoms with van der Waals surface area (Å²) in [6.45, 7) is 2.84. The molecule has 1 fully saturated rings. The van der Waals surface area contributed by atoms with Crippen LogP contribution >= 0.6 is 0 Å². The lowest BCUT2D eigenvalue weighted by atomic mass is 9.98. The zero-order valence-corrected chi connectivity index (χ0v) is 10.8. The summed E-state index contributed by atoms with van der Waals surface area (Å²) in [5, 5.41) is 6.33. The Morgan fingerprint density at radius 1 is 1.37 bits per heavy atom. The van der Waals surface area contributed by atoms with E-state index in [-0.39, 0.29) is 6.03 Å². The van der Waals surface area contributed by atoms with Crippen molar-refractivity contribution in [3.8, 4) is 0 Å². The third-order valence-corrected chi connectivity index (χ3v) is 3.67. The SMILES string of the molecule is O=C(NCC1CCNCC1)n1cnc2ccccc21. The highest BCUT2D eigenvalue weighted by atomic mass is 16.2. The largest absolute Gasteiger partial charge is 0.337 e. The molecule has 1 aliphatic heterocycles. The summed E-state index contributed by atoms with van der Waals surface area (Å²) >= 11 is 0. The van der Waals surface area contributed by atoms with E-state index in [1.807, 2.05) is 24.3 Å². The lowest BCUT2D eigenvalue weighted by Crippen LogP contribution is -2.37. The molecule has 0 unspecified atom stereocenters. The number of nitrogens with zero attached hydrogens (tertiary/aromatic N) is 2. The number of carbonyl (C=O) groups is 1. The van der Waals surface area contributed by atoms with Gasteiger partial charge in [-0.05, 0) is 44.0 Å². The number of rotatable bonds is 2. The van der Waals surface area contributed by atoms with Crippen LogP contribution in [0.3, 0.4) is 0 Å². The summed E-state index contributed by atoms with van der Waals surface area (Å²) in [5.41, 5.74) is 1.70. The predicted molar refractivity (Wildman–Crippen MR) is 74.1 cm³/mol. The van der Waals surface area contributed by atoms with Crippen LogP contribution in [-0.2, 0) is 0 Å². The molecule has 0 aliphatic carbocycles. The normalized spacial score (nSPS) is 16.6. The Kier molecular flexibility index (Phi) is 3.46. The van der Waals surface area contributed by atoms with E-state index in [4.69, 9.17) is 0 Å². The Morgan fingerprint density at radius 2 is 2.16 bits per heavy atom. The molecule has 100 valence electrons. The van der Waals surface area contributed by atoms with Crippen LogP contribution in [-0.4, -0.2) is 35.2 Å². The highest BCUT2D eigenvalue weighted by Crippen LogP contribution is 2.12. The van der Waals surface area contributed by atoms with Gasteiger partial charge in [0.2, 0.25) is 0 Å². The second-order valence-corrected chi connectivity index (χ2v) is 4.98. The number of amides is 1. The molecule has 1 aromatic carbocycles. The first kappa shape index (κ1) is 12.2. The highest BCUT2D eigenvalue weighted by Gasteiger charge is 2.15. The van der Waals surface area contributed by atoms with Crippen LogP contribution in [0.4, 0.5) is 4.79 Å². The number of piperidine rings is 1. The van der Waals surface area contributed by atoms with Gasteiger partial charge in [-0.15, -0.1) is 0 Å². The molecule has 19 heavy (non-hydrogen) atoms. The van der Waals surface area contributed by atoms with Crippen LogP contribution in [0.2, 0.25) is 0 Å². The van der Waals surface area contributed by atoms with Crippen LogP contribution < -0.4 is 10.6 Å². The molecular formula is C14H18N4O. The molecule has 5 heteroatoms. The number of aromatic nitrogens is 2. The summed E-state index contributed by atoms with van der Waals surface area (Å²) in [7, 11) is 0. The molecule has 0 spiro atoms. The van der Waals surface area contributed by atoms with Crippen LogP contribution in [0.25, 0.3) is 11.0 Å². The van der Waals surface area contributed by atoms with E-state index in [1.165, 1.54) is 0 Å². The van der Waals surface area contributed by atoms with Crippen molar-refractivity contribution in [3.05, 3.63) is 30.6 Å². The number of hydrogen-bond donors (Lipinski definition) is 2. The Balaban J connectivity index is 1.66. The van der Waals surface area contributed by atoms with Crippen LogP contribution in [0.5, 0.6) is 0 Å². The molecule has 1 amide bonds. The second kappa shape index (κ2) is 5.40. The molecule has 0 saturated carbocycles. The molecule has 2 heterocycles. The van der Waals surface area contributed by atoms with E-state index in [1.54, 1.807) is 10.9 Å². The number of hydrogen-bond acceptors (Lipinski definition) is 3. The lowest BCUT2D eigenvalue weighted by Gasteiger charge is -2.22. The minimum Gasteiger partial charge on any atom is -0.337 e. The summed E-state index contributed by atoms with van der Waals surface area (Å²) < 4.78 is 1.58. The number of fused-ring (bicyclic) bond motifs is 1. The van der Waals surface area contributed by atoms with Crippen LogP contribution in [0.1, 0.15) is 12.8 Å². The lowest BCUT2D eigenvalue weighted by molar-refractivity contribution is 0.239. The van der Waals surface area contributed by atoms with Gasteiger partial charge in [0.1, 0.15) is 6.33 Å². The molecule has 0 bridgehead atoms. The molecule has 5 nitrogen and oxygen atoms in total. The molecule has 1 aliphatic rings. The van der Waals surface area contributed by atoms with Gasteiger partial charge in [0.05, 0.1) is 11.0 Å². The number of nitrogens with one attached hydrogen (secondary N) is 2. The molecule has 3 rings (SSSR count). The Bertz CT molecular complexity index is 572. The van der Waals surface area contributed by atoms with E-state index in [0.29, 0.717) is 5.92 Å². The Morgan fingerprint density at radius 3 is 3.00 bits per heavy atom. The average Bonchev–Trinajstić information content (AvgIpc) is 2.90.